The van der Waals surface area contributed by atoms with E-state index in [-0.39, 0.29) is 11.3 Å². The lowest BCUT2D eigenvalue weighted by molar-refractivity contribution is -0.384. The third-order valence-electron chi connectivity index (χ3n) is 6.02. The van der Waals surface area contributed by atoms with Crippen LogP contribution in [0.1, 0.15) is 25.3 Å². The van der Waals surface area contributed by atoms with Gasteiger partial charge >= 0.3 is 0 Å². The van der Waals surface area contributed by atoms with Gasteiger partial charge in [-0.15, -0.1) is 0 Å². The Balaban J connectivity index is 1.94. The summed E-state index contributed by atoms with van der Waals surface area (Å²) in [5, 5.41) is 14.3. The second kappa shape index (κ2) is 9.72. The van der Waals surface area contributed by atoms with Gasteiger partial charge in [-0.05, 0) is 43.7 Å². The van der Waals surface area contributed by atoms with Crippen molar-refractivity contribution in [1.29, 1.82) is 0 Å². The standard InChI is InChI=1S/C27H23N3O5/c1-17-23(26(32)28-20-11-5-3-6-12-20)25(19-10-9-15-22(16-19)30(34)35)24(18(2)31)27(33)29(17)21-13-7-4-8-14-21/h3-16,24-25H,1-2H3,(H,28,32)/t24-,25+/m0/s1. The summed E-state index contributed by atoms with van der Waals surface area (Å²) in [6.07, 6.45) is 0. The molecule has 2 atom stereocenters. The van der Waals surface area contributed by atoms with E-state index in [1.165, 1.54) is 30.0 Å². The number of ketones is 1. The number of nitrogens with zero attached hydrogens (tertiary/aromatic N) is 2. The number of Topliss-reactive ketones (excluding diaryl/α,β-unsaturated/α-hetero) is 1. The van der Waals surface area contributed by atoms with E-state index in [1.807, 2.05) is 6.07 Å². The number of anilines is 2. The van der Waals surface area contributed by atoms with Crippen LogP contribution in [0.25, 0.3) is 0 Å². The highest BCUT2D eigenvalue weighted by atomic mass is 16.6. The first-order chi connectivity index (χ1) is 16.8. The van der Waals surface area contributed by atoms with Crippen LogP contribution >= 0.6 is 0 Å². The molecule has 4 rings (SSSR count). The number of nitrogens with one attached hydrogen (secondary N) is 1. The van der Waals surface area contributed by atoms with Gasteiger partial charge in [-0.2, -0.15) is 0 Å². The van der Waals surface area contributed by atoms with Gasteiger partial charge in [0.2, 0.25) is 5.91 Å². The molecule has 1 N–H and O–H groups in total. The summed E-state index contributed by atoms with van der Waals surface area (Å²) in [6, 6.07) is 23.3. The van der Waals surface area contributed by atoms with E-state index >= 15 is 0 Å². The Kier molecular flexibility index (Phi) is 6.55. The largest absolute Gasteiger partial charge is 0.322 e. The Morgan fingerprint density at radius 1 is 0.943 bits per heavy atom. The van der Waals surface area contributed by atoms with Crippen molar-refractivity contribution >= 4 is 34.7 Å². The molecule has 8 nitrogen and oxygen atoms in total. The van der Waals surface area contributed by atoms with Gasteiger partial charge in [0.1, 0.15) is 11.7 Å². The van der Waals surface area contributed by atoms with Gasteiger partial charge in [-0.3, -0.25) is 29.4 Å². The van der Waals surface area contributed by atoms with E-state index in [0.29, 0.717) is 22.6 Å². The van der Waals surface area contributed by atoms with E-state index in [2.05, 4.69) is 5.32 Å². The summed E-state index contributed by atoms with van der Waals surface area (Å²) in [6.45, 7) is 2.94. The minimum atomic E-state index is -1.24. The van der Waals surface area contributed by atoms with Crippen LogP contribution in [0.5, 0.6) is 0 Å². The summed E-state index contributed by atoms with van der Waals surface area (Å²) in [7, 11) is 0. The summed E-state index contributed by atoms with van der Waals surface area (Å²) >= 11 is 0. The normalized spacial score (nSPS) is 17.8. The van der Waals surface area contributed by atoms with Crippen LogP contribution < -0.4 is 10.2 Å². The first-order valence-electron chi connectivity index (χ1n) is 11.0. The van der Waals surface area contributed by atoms with Gasteiger partial charge in [0.05, 0.1) is 4.92 Å². The average molecular weight is 469 g/mol. The van der Waals surface area contributed by atoms with E-state index in [9.17, 15) is 24.5 Å². The molecule has 0 unspecified atom stereocenters. The summed E-state index contributed by atoms with van der Waals surface area (Å²) < 4.78 is 0. The molecule has 3 aromatic carbocycles. The number of hydrogen-bond acceptors (Lipinski definition) is 5. The number of nitro groups is 1. The maximum Gasteiger partial charge on any atom is 0.269 e. The fourth-order valence-electron chi connectivity index (χ4n) is 4.48. The number of rotatable bonds is 6. The first kappa shape index (κ1) is 23.6. The van der Waals surface area contributed by atoms with Gasteiger partial charge in [0, 0.05) is 40.7 Å². The number of nitro benzene ring substituents is 1. The number of hydrogen-bond donors (Lipinski definition) is 1. The quantitative estimate of drug-likeness (QED) is 0.315. The molecule has 1 heterocycles. The number of benzene rings is 3. The van der Waals surface area contributed by atoms with Gasteiger partial charge in [0.25, 0.3) is 11.6 Å². The molecule has 2 amide bonds. The molecule has 0 fully saturated rings. The summed E-state index contributed by atoms with van der Waals surface area (Å²) in [4.78, 5) is 52.6. The van der Waals surface area contributed by atoms with Gasteiger partial charge < -0.3 is 5.32 Å². The van der Waals surface area contributed by atoms with Crippen LogP contribution in [0.2, 0.25) is 0 Å². The van der Waals surface area contributed by atoms with Crippen molar-refractivity contribution in [2.45, 2.75) is 19.8 Å². The molecule has 35 heavy (non-hydrogen) atoms. The molecule has 1 aliphatic heterocycles. The van der Waals surface area contributed by atoms with Crippen LogP contribution in [0.15, 0.2) is 96.2 Å². The van der Waals surface area contributed by atoms with E-state index in [0.717, 1.165) is 0 Å². The lowest BCUT2D eigenvalue weighted by atomic mass is 9.74. The Hall–Kier alpha value is -4.59. The van der Waals surface area contributed by atoms with Crippen molar-refractivity contribution in [2.24, 2.45) is 5.92 Å². The zero-order chi connectivity index (χ0) is 25.1. The van der Waals surface area contributed by atoms with E-state index < -0.39 is 34.4 Å². The van der Waals surface area contributed by atoms with Crippen molar-refractivity contribution in [3.05, 3.63) is 112 Å². The lowest BCUT2D eigenvalue weighted by Crippen LogP contribution is -2.48. The fraction of sp³-hybridized carbons (Fsp3) is 0.148. The maximum atomic E-state index is 13.7. The van der Waals surface area contributed by atoms with Crippen molar-refractivity contribution < 1.29 is 19.3 Å². The number of carbonyl (C=O) groups excluding carboxylic acids is 3. The Labute approximate surface area is 202 Å². The molecule has 1 aliphatic rings. The monoisotopic (exact) mass is 469 g/mol. The van der Waals surface area contributed by atoms with Crippen LogP contribution in [-0.4, -0.2) is 22.5 Å². The van der Waals surface area contributed by atoms with Gasteiger partial charge in [0.15, 0.2) is 0 Å². The Morgan fingerprint density at radius 2 is 1.57 bits per heavy atom. The topological polar surface area (TPSA) is 110 Å². The predicted octanol–water partition coefficient (Wildman–Crippen LogP) is 4.84. The maximum absolute atomic E-state index is 13.7. The number of carbonyl (C=O) groups is 3. The van der Waals surface area contributed by atoms with Crippen molar-refractivity contribution in [3.63, 3.8) is 0 Å². The molecule has 0 saturated heterocycles. The second-order valence-electron chi connectivity index (χ2n) is 8.25. The van der Waals surface area contributed by atoms with Crippen LogP contribution in [0, 0.1) is 16.0 Å². The van der Waals surface area contributed by atoms with E-state index in [4.69, 9.17) is 0 Å². The number of para-hydroxylation sites is 2. The predicted molar refractivity (Wildman–Crippen MR) is 132 cm³/mol. The molecule has 0 aromatic heterocycles. The highest BCUT2D eigenvalue weighted by molar-refractivity contribution is 6.16. The third-order valence-corrected chi connectivity index (χ3v) is 6.02. The molecule has 176 valence electrons. The lowest BCUT2D eigenvalue weighted by Gasteiger charge is -2.39. The number of allylic oxidation sites excluding steroid dienone is 1. The van der Waals surface area contributed by atoms with Crippen molar-refractivity contribution in [3.8, 4) is 0 Å². The number of amides is 2. The third kappa shape index (κ3) is 4.59. The minimum Gasteiger partial charge on any atom is -0.322 e. The zero-order valence-electron chi connectivity index (χ0n) is 19.2. The number of non-ortho nitro benzene ring substituents is 1. The smallest absolute Gasteiger partial charge is 0.269 e. The molecule has 0 aliphatic carbocycles. The first-order valence-corrected chi connectivity index (χ1v) is 11.0. The van der Waals surface area contributed by atoms with Gasteiger partial charge in [-0.1, -0.05) is 48.5 Å². The zero-order valence-corrected chi connectivity index (χ0v) is 19.2. The molecule has 0 radical (unpaired) electrons. The molecule has 0 saturated carbocycles. The summed E-state index contributed by atoms with van der Waals surface area (Å²) in [5.41, 5.74) is 1.75. The molecule has 0 bridgehead atoms. The van der Waals surface area contributed by atoms with Crippen molar-refractivity contribution in [1.82, 2.24) is 0 Å². The second-order valence-corrected chi connectivity index (χ2v) is 8.25. The molecule has 0 spiro atoms. The molecular formula is C27H23N3O5. The SMILES string of the molecule is CC(=O)[C@@H]1C(=O)N(c2ccccc2)C(C)=C(C(=O)Nc2ccccc2)[C@H]1c1cccc([N+](=O)[O-])c1. The fourth-order valence-corrected chi connectivity index (χ4v) is 4.48. The van der Waals surface area contributed by atoms with Crippen LogP contribution in [-0.2, 0) is 14.4 Å². The molecular weight excluding hydrogens is 446 g/mol. The highest BCUT2D eigenvalue weighted by Crippen LogP contribution is 2.43. The Morgan fingerprint density at radius 3 is 2.17 bits per heavy atom. The highest BCUT2D eigenvalue weighted by Gasteiger charge is 2.47. The van der Waals surface area contributed by atoms with Crippen LogP contribution in [0.4, 0.5) is 17.1 Å². The summed E-state index contributed by atoms with van der Waals surface area (Å²) in [5.74, 6) is -3.66. The van der Waals surface area contributed by atoms with Crippen molar-refractivity contribution in [2.75, 3.05) is 10.2 Å². The molecule has 8 heteroatoms. The molecule has 3 aromatic rings. The van der Waals surface area contributed by atoms with Crippen LogP contribution in [0.3, 0.4) is 0 Å². The Bertz CT molecular complexity index is 1340. The minimum absolute atomic E-state index is 0.191. The average Bonchev–Trinajstić information content (AvgIpc) is 2.84. The van der Waals surface area contributed by atoms with E-state index in [1.54, 1.807) is 67.6 Å². The van der Waals surface area contributed by atoms with Gasteiger partial charge in [-0.25, -0.2) is 0 Å².